The molecular formula is C21H17Cl3N2OS. The smallest absolute Gasteiger partial charge is 0.264 e. The number of halogens is 3. The molecule has 4 rings (SSSR count). The highest BCUT2D eigenvalue weighted by molar-refractivity contribution is 7.12. The number of hydrogen-bond donors (Lipinski definition) is 0. The van der Waals surface area contributed by atoms with Crippen molar-refractivity contribution in [2.75, 3.05) is 24.5 Å². The Morgan fingerprint density at radius 2 is 1.71 bits per heavy atom. The first-order valence-electron chi connectivity index (χ1n) is 8.83. The molecule has 144 valence electrons. The van der Waals surface area contributed by atoms with Crippen molar-refractivity contribution < 1.29 is 4.79 Å². The van der Waals surface area contributed by atoms with Gasteiger partial charge in [0.2, 0.25) is 0 Å². The van der Waals surface area contributed by atoms with Crippen LogP contribution in [0.3, 0.4) is 0 Å². The fourth-order valence-corrected chi connectivity index (χ4v) is 4.83. The molecule has 2 aromatic carbocycles. The molecule has 1 fully saturated rings. The third-order valence-electron chi connectivity index (χ3n) is 4.87. The van der Waals surface area contributed by atoms with Gasteiger partial charge in [-0.2, -0.15) is 0 Å². The Morgan fingerprint density at radius 1 is 0.964 bits per heavy atom. The molecular weight excluding hydrogens is 435 g/mol. The summed E-state index contributed by atoms with van der Waals surface area (Å²) in [6.07, 6.45) is 0. The van der Waals surface area contributed by atoms with E-state index in [1.807, 2.05) is 58.8 Å². The molecule has 0 radical (unpaired) electrons. The third-order valence-corrected chi connectivity index (χ3v) is 6.52. The third kappa shape index (κ3) is 4.01. The van der Waals surface area contributed by atoms with Crippen molar-refractivity contribution in [3.05, 3.63) is 85.5 Å². The van der Waals surface area contributed by atoms with Gasteiger partial charge in [0, 0.05) is 29.7 Å². The second-order valence-electron chi connectivity index (χ2n) is 6.58. The van der Waals surface area contributed by atoms with Crippen molar-refractivity contribution in [3.8, 4) is 0 Å². The Hall–Kier alpha value is -1.72. The highest BCUT2D eigenvalue weighted by atomic mass is 35.5. The van der Waals surface area contributed by atoms with Crippen LogP contribution in [0.15, 0.2) is 60.0 Å². The lowest BCUT2D eigenvalue weighted by atomic mass is 10.0. The van der Waals surface area contributed by atoms with E-state index in [4.69, 9.17) is 34.8 Å². The molecule has 1 amide bonds. The molecule has 0 N–H and O–H groups in total. The van der Waals surface area contributed by atoms with E-state index in [1.165, 1.54) is 11.3 Å². The van der Waals surface area contributed by atoms with Crippen LogP contribution >= 0.6 is 46.1 Å². The lowest BCUT2D eigenvalue weighted by Crippen LogP contribution is -2.50. The largest absolute Gasteiger partial charge is 0.360 e. The van der Waals surface area contributed by atoms with Crippen molar-refractivity contribution in [2.24, 2.45) is 0 Å². The molecule has 3 aromatic rings. The lowest BCUT2D eigenvalue weighted by molar-refractivity contribution is 0.0727. The Balaban J connectivity index is 1.68. The second-order valence-corrected chi connectivity index (χ2v) is 8.81. The molecule has 0 saturated carbocycles. The molecule has 1 saturated heterocycles. The predicted octanol–water partition coefficient (Wildman–Crippen LogP) is 6.41. The van der Waals surface area contributed by atoms with E-state index in [9.17, 15) is 4.79 Å². The minimum atomic E-state index is -0.0337. The normalized spacial score (nSPS) is 17.0. The van der Waals surface area contributed by atoms with Crippen LogP contribution < -0.4 is 4.90 Å². The summed E-state index contributed by atoms with van der Waals surface area (Å²) in [5, 5.41) is 3.81. The maximum atomic E-state index is 12.9. The first-order valence-corrected chi connectivity index (χ1v) is 10.8. The topological polar surface area (TPSA) is 23.6 Å². The molecule has 2 heterocycles. The van der Waals surface area contributed by atoms with Gasteiger partial charge in [-0.05, 0) is 47.3 Å². The van der Waals surface area contributed by atoms with Gasteiger partial charge < -0.3 is 9.80 Å². The highest BCUT2D eigenvalue weighted by Crippen LogP contribution is 2.37. The molecule has 0 spiro atoms. The van der Waals surface area contributed by atoms with E-state index in [0.717, 1.165) is 16.1 Å². The molecule has 28 heavy (non-hydrogen) atoms. The molecule has 1 aromatic heterocycles. The standard InChI is InChI=1S/C21H17Cl3N2OS/c22-15-5-3-14(4-6-15)19-13-25(21(27)20-2-1-11-28-20)9-10-26(19)18-8-7-16(23)12-17(18)24/h1-8,11-12,19H,9-10,13H2. The van der Waals surface area contributed by atoms with E-state index in [-0.39, 0.29) is 11.9 Å². The van der Waals surface area contributed by atoms with Crippen molar-refractivity contribution >= 4 is 57.7 Å². The Kier molecular flexibility index (Phi) is 5.83. The van der Waals surface area contributed by atoms with Gasteiger partial charge in [0.25, 0.3) is 5.91 Å². The Bertz CT molecular complexity index is 976. The SMILES string of the molecule is O=C(c1cccs1)N1CCN(c2ccc(Cl)cc2Cl)C(c2ccc(Cl)cc2)C1. The summed E-state index contributed by atoms with van der Waals surface area (Å²) in [4.78, 5) is 17.8. The van der Waals surface area contributed by atoms with Gasteiger partial charge in [-0.3, -0.25) is 4.79 Å². The van der Waals surface area contributed by atoms with Gasteiger partial charge in [0.05, 0.1) is 21.6 Å². The summed E-state index contributed by atoms with van der Waals surface area (Å²) in [6.45, 7) is 1.86. The number of rotatable bonds is 3. The number of carbonyl (C=O) groups is 1. The van der Waals surface area contributed by atoms with Crippen LogP contribution in [0.2, 0.25) is 15.1 Å². The number of piperazine rings is 1. The molecule has 7 heteroatoms. The van der Waals surface area contributed by atoms with Crippen LogP contribution in [0.25, 0.3) is 0 Å². The Labute approximate surface area is 183 Å². The van der Waals surface area contributed by atoms with E-state index >= 15 is 0 Å². The van der Waals surface area contributed by atoms with Crippen LogP contribution in [0.4, 0.5) is 5.69 Å². The van der Waals surface area contributed by atoms with Crippen LogP contribution in [-0.2, 0) is 0 Å². The summed E-state index contributed by atoms with van der Waals surface area (Å²) >= 11 is 20.1. The quantitative estimate of drug-likeness (QED) is 0.459. The number of carbonyl (C=O) groups excluding carboxylic acids is 1. The first-order chi connectivity index (χ1) is 13.5. The lowest BCUT2D eigenvalue weighted by Gasteiger charge is -2.43. The van der Waals surface area contributed by atoms with E-state index in [0.29, 0.717) is 34.7 Å². The fourth-order valence-electron chi connectivity index (χ4n) is 3.50. The molecule has 1 unspecified atom stereocenters. The van der Waals surface area contributed by atoms with Gasteiger partial charge in [-0.15, -0.1) is 11.3 Å². The molecule has 1 atom stereocenters. The maximum Gasteiger partial charge on any atom is 0.264 e. The molecule has 3 nitrogen and oxygen atoms in total. The second kappa shape index (κ2) is 8.34. The Morgan fingerprint density at radius 3 is 2.39 bits per heavy atom. The molecule has 0 bridgehead atoms. The molecule has 1 aliphatic rings. The molecule has 0 aliphatic carbocycles. The number of amides is 1. The minimum Gasteiger partial charge on any atom is -0.360 e. The van der Waals surface area contributed by atoms with Gasteiger partial charge in [0.15, 0.2) is 0 Å². The maximum absolute atomic E-state index is 12.9. The van der Waals surface area contributed by atoms with E-state index < -0.39 is 0 Å². The zero-order chi connectivity index (χ0) is 19.7. The van der Waals surface area contributed by atoms with E-state index in [2.05, 4.69) is 4.90 Å². The summed E-state index contributed by atoms with van der Waals surface area (Å²) in [6, 6.07) is 17.0. The van der Waals surface area contributed by atoms with E-state index in [1.54, 1.807) is 6.07 Å². The number of thiophene rings is 1. The predicted molar refractivity (Wildman–Crippen MR) is 118 cm³/mol. The fraction of sp³-hybridized carbons (Fsp3) is 0.190. The van der Waals surface area contributed by atoms with Gasteiger partial charge >= 0.3 is 0 Å². The van der Waals surface area contributed by atoms with Crippen molar-refractivity contribution in [1.82, 2.24) is 4.90 Å². The monoisotopic (exact) mass is 450 g/mol. The van der Waals surface area contributed by atoms with Crippen molar-refractivity contribution in [1.29, 1.82) is 0 Å². The highest BCUT2D eigenvalue weighted by Gasteiger charge is 2.32. The van der Waals surface area contributed by atoms with Crippen LogP contribution in [0.5, 0.6) is 0 Å². The number of benzene rings is 2. The first kappa shape index (κ1) is 19.6. The minimum absolute atomic E-state index is 0.0337. The van der Waals surface area contributed by atoms with Crippen molar-refractivity contribution in [3.63, 3.8) is 0 Å². The summed E-state index contributed by atoms with van der Waals surface area (Å²) < 4.78 is 0. The van der Waals surface area contributed by atoms with Crippen molar-refractivity contribution in [2.45, 2.75) is 6.04 Å². The van der Waals surface area contributed by atoms with Gasteiger partial charge in [-0.1, -0.05) is 53.0 Å². The van der Waals surface area contributed by atoms with Gasteiger partial charge in [0.1, 0.15) is 0 Å². The summed E-state index contributed by atoms with van der Waals surface area (Å²) in [7, 11) is 0. The van der Waals surface area contributed by atoms with Gasteiger partial charge in [-0.25, -0.2) is 0 Å². The number of anilines is 1. The average molecular weight is 452 g/mol. The van der Waals surface area contributed by atoms with Crippen LogP contribution in [0.1, 0.15) is 21.3 Å². The number of nitrogens with zero attached hydrogens (tertiary/aromatic N) is 2. The molecule has 1 aliphatic heterocycles. The summed E-state index contributed by atoms with van der Waals surface area (Å²) in [5.74, 6) is 0.0656. The summed E-state index contributed by atoms with van der Waals surface area (Å²) in [5.41, 5.74) is 1.99. The average Bonchev–Trinajstić information content (AvgIpc) is 3.23. The van der Waals surface area contributed by atoms with Crippen LogP contribution in [-0.4, -0.2) is 30.4 Å². The van der Waals surface area contributed by atoms with Crippen LogP contribution in [0, 0.1) is 0 Å². The number of hydrogen-bond acceptors (Lipinski definition) is 3. The zero-order valence-corrected chi connectivity index (χ0v) is 17.9. The zero-order valence-electron chi connectivity index (χ0n) is 14.8.